The monoisotopic (exact) mass is 432 g/mol. The van der Waals surface area contributed by atoms with E-state index >= 15 is 0 Å². The van der Waals surface area contributed by atoms with Crippen molar-refractivity contribution in [2.75, 3.05) is 0 Å². The summed E-state index contributed by atoms with van der Waals surface area (Å²) in [4.78, 5) is 49.3. The number of thioether (sulfide) groups is 2. The van der Waals surface area contributed by atoms with E-state index < -0.39 is 68.2 Å². The smallest absolute Gasteiger partial charge is 0.327 e. The summed E-state index contributed by atoms with van der Waals surface area (Å²) >= 11 is 2.59. The lowest BCUT2D eigenvalue weighted by Gasteiger charge is -2.44. The second-order valence-corrected chi connectivity index (χ2v) is 11.8. The van der Waals surface area contributed by atoms with Gasteiger partial charge in [-0.05, 0) is 27.7 Å². The number of nitrogens with zero attached hydrogens (tertiary/aromatic N) is 1. The lowest BCUT2D eigenvalue weighted by molar-refractivity contribution is -0.161. The Hall–Kier alpha value is -1.50. The van der Waals surface area contributed by atoms with E-state index in [0.29, 0.717) is 0 Å². The van der Waals surface area contributed by atoms with E-state index in [1.165, 1.54) is 28.4 Å². The number of carboxylic acid groups (broad SMARTS) is 2. The van der Waals surface area contributed by atoms with Gasteiger partial charge in [0.2, 0.25) is 11.8 Å². The van der Waals surface area contributed by atoms with Crippen LogP contribution in [-0.2, 0) is 19.2 Å². The summed E-state index contributed by atoms with van der Waals surface area (Å²) in [5, 5.41) is 23.1. The Bertz CT molecular complexity index is 745. The van der Waals surface area contributed by atoms with Gasteiger partial charge < -0.3 is 26.2 Å². The molecule has 3 fully saturated rings. The van der Waals surface area contributed by atoms with Crippen LogP contribution in [-0.4, -0.2) is 83.3 Å². The molecule has 0 aromatic rings. The number of carboxylic acids is 2. The molecule has 12 heteroatoms. The van der Waals surface area contributed by atoms with Crippen molar-refractivity contribution in [3.63, 3.8) is 0 Å². The van der Waals surface area contributed by atoms with Crippen LogP contribution in [0.2, 0.25) is 0 Å². The maximum atomic E-state index is 12.6. The molecule has 2 amide bonds. The molecule has 28 heavy (non-hydrogen) atoms. The van der Waals surface area contributed by atoms with Gasteiger partial charge in [-0.25, -0.2) is 4.79 Å². The molecular formula is C16H24N4O6S2. The number of nitrogens with two attached hydrogens (primary N) is 1. The summed E-state index contributed by atoms with van der Waals surface area (Å²) in [6.45, 7) is 7.01. The molecule has 0 bridgehead atoms. The third-order valence-electron chi connectivity index (χ3n) is 5.31. The first kappa shape index (κ1) is 21.2. The van der Waals surface area contributed by atoms with E-state index in [1.54, 1.807) is 27.7 Å². The first-order valence-corrected chi connectivity index (χ1v) is 10.5. The molecule has 10 nitrogen and oxygen atoms in total. The Morgan fingerprint density at radius 1 is 1.14 bits per heavy atom. The molecule has 0 aromatic carbocycles. The minimum Gasteiger partial charge on any atom is -0.480 e. The lowest BCUT2D eigenvalue weighted by Crippen LogP contribution is -2.72. The zero-order chi connectivity index (χ0) is 21.2. The van der Waals surface area contributed by atoms with Crippen molar-refractivity contribution in [1.82, 2.24) is 15.5 Å². The van der Waals surface area contributed by atoms with Crippen molar-refractivity contribution >= 4 is 47.3 Å². The zero-order valence-electron chi connectivity index (χ0n) is 15.8. The van der Waals surface area contributed by atoms with Crippen LogP contribution in [0.5, 0.6) is 0 Å². The lowest BCUT2D eigenvalue weighted by atomic mass is 9.96. The van der Waals surface area contributed by atoms with Crippen molar-refractivity contribution in [3.8, 4) is 0 Å². The summed E-state index contributed by atoms with van der Waals surface area (Å²) in [7, 11) is 0. The van der Waals surface area contributed by atoms with Crippen LogP contribution in [0.1, 0.15) is 27.7 Å². The second-order valence-electron chi connectivity index (χ2n) is 8.19. The number of β-lactam (4-membered cyclic amide) rings is 1. The van der Waals surface area contributed by atoms with Crippen molar-refractivity contribution in [1.29, 1.82) is 0 Å². The van der Waals surface area contributed by atoms with Gasteiger partial charge in [-0.3, -0.25) is 19.7 Å². The van der Waals surface area contributed by atoms with Crippen LogP contribution in [0.4, 0.5) is 0 Å². The van der Waals surface area contributed by atoms with Gasteiger partial charge in [-0.1, -0.05) is 0 Å². The highest BCUT2D eigenvalue weighted by Gasteiger charge is 2.64. The van der Waals surface area contributed by atoms with Crippen molar-refractivity contribution < 1.29 is 29.4 Å². The molecule has 6 atom stereocenters. The molecule has 3 aliphatic rings. The van der Waals surface area contributed by atoms with Gasteiger partial charge in [-0.15, -0.1) is 23.5 Å². The van der Waals surface area contributed by atoms with Gasteiger partial charge in [0.05, 0.1) is 5.37 Å². The molecule has 156 valence electrons. The van der Waals surface area contributed by atoms with Gasteiger partial charge in [0.1, 0.15) is 29.5 Å². The molecular weight excluding hydrogens is 408 g/mol. The fraction of sp³-hybridized carbons (Fsp3) is 0.750. The molecule has 0 radical (unpaired) electrons. The van der Waals surface area contributed by atoms with E-state index in [0.717, 1.165) is 0 Å². The summed E-state index contributed by atoms with van der Waals surface area (Å²) in [5.41, 5.74) is 6.03. The first-order valence-electron chi connectivity index (χ1n) is 8.73. The normalized spacial score (nSPS) is 36.4. The zero-order valence-corrected chi connectivity index (χ0v) is 17.5. The van der Waals surface area contributed by atoms with Gasteiger partial charge in [0.25, 0.3) is 0 Å². The Labute approximate surface area is 170 Å². The third-order valence-corrected chi connectivity index (χ3v) is 8.40. The third kappa shape index (κ3) is 3.25. The minimum atomic E-state index is -1.08. The predicted octanol–water partition coefficient (Wildman–Crippen LogP) is -1.16. The highest BCUT2D eigenvalue weighted by molar-refractivity contribution is 8.02. The van der Waals surface area contributed by atoms with Crippen LogP contribution in [0.25, 0.3) is 0 Å². The molecule has 0 aliphatic carbocycles. The Kier molecular flexibility index (Phi) is 5.14. The fourth-order valence-electron chi connectivity index (χ4n) is 3.87. The number of carbonyl (C=O) groups is 4. The van der Waals surface area contributed by atoms with E-state index in [2.05, 4.69) is 10.6 Å². The van der Waals surface area contributed by atoms with Gasteiger partial charge in [-0.2, -0.15) is 0 Å². The highest BCUT2D eigenvalue weighted by atomic mass is 32.2. The number of carbonyl (C=O) groups excluding carboxylic acids is 2. The summed E-state index contributed by atoms with van der Waals surface area (Å²) < 4.78 is -1.34. The van der Waals surface area contributed by atoms with E-state index in [4.69, 9.17) is 5.73 Å². The van der Waals surface area contributed by atoms with Crippen LogP contribution in [0.3, 0.4) is 0 Å². The largest absolute Gasteiger partial charge is 0.480 e. The van der Waals surface area contributed by atoms with E-state index in [9.17, 15) is 29.4 Å². The average molecular weight is 433 g/mol. The van der Waals surface area contributed by atoms with Crippen molar-refractivity contribution in [2.24, 2.45) is 5.73 Å². The van der Waals surface area contributed by atoms with Gasteiger partial charge >= 0.3 is 11.9 Å². The van der Waals surface area contributed by atoms with Crippen molar-refractivity contribution in [2.45, 2.75) is 72.1 Å². The van der Waals surface area contributed by atoms with Crippen molar-refractivity contribution in [3.05, 3.63) is 0 Å². The summed E-state index contributed by atoms with van der Waals surface area (Å²) in [5.74, 6) is -3.14. The molecule has 0 spiro atoms. The molecule has 3 heterocycles. The number of hydrogen-bond donors (Lipinski definition) is 5. The summed E-state index contributed by atoms with van der Waals surface area (Å²) in [6, 6.07) is -3.72. The van der Waals surface area contributed by atoms with Crippen LogP contribution >= 0.6 is 23.5 Å². The fourth-order valence-corrected chi connectivity index (χ4v) is 6.93. The maximum absolute atomic E-state index is 12.6. The topological polar surface area (TPSA) is 162 Å². The number of amides is 2. The summed E-state index contributed by atoms with van der Waals surface area (Å²) in [6.07, 6.45) is 0. The van der Waals surface area contributed by atoms with E-state index in [1.807, 2.05) is 0 Å². The van der Waals surface area contributed by atoms with Crippen LogP contribution in [0.15, 0.2) is 0 Å². The average Bonchev–Trinajstić information content (AvgIpc) is 3.02. The molecule has 3 saturated heterocycles. The highest BCUT2D eigenvalue weighted by Crippen LogP contribution is 2.50. The molecule has 3 aliphatic heterocycles. The number of rotatable bonds is 5. The maximum Gasteiger partial charge on any atom is 0.327 e. The Balaban J connectivity index is 1.66. The molecule has 6 N–H and O–H groups in total. The van der Waals surface area contributed by atoms with Crippen LogP contribution in [0, 0.1) is 0 Å². The Morgan fingerprint density at radius 3 is 2.25 bits per heavy atom. The predicted molar refractivity (Wildman–Crippen MR) is 104 cm³/mol. The van der Waals surface area contributed by atoms with E-state index in [-0.39, 0.29) is 0 Å². The number of nitrogens with one attached hydrogen (secondary N) is 2. The number of aliphatic carboxylic acids is 2. The molecule has 0 saturated carbocycles. The number of hydrogen-bond acceptors (Lipinski definition) is 8. The minimum absolute atomic E-state index is 0.452. The number of fused-ring (bicyclic) bond motifs is 1. The molecule has 0 aromatic heterocycles. The molecule has 6 unspecified atom stereocenters. The van der Waals surface area contributed by atoms with Crippen LogP contribution < -0.4 is 16.4 Å². The SMILES string of the molecule is CC1(C)SC(C(N)C(=O)NC2C(=O)N3C2SC(C)(C)C3C(=O)O)NC1C(=O)O. The second kappa shape index (κ2) is 6.78. The van der Waals surface area contributed by atoms with Gasteiger partial charge in [0.15, 0.2) is 0 Å². The quantitative estimate of drug-likeness (QED) is 0.335. The molecule has 3 rings (SSSR count). The first-order chi connectivity index (χ1) is 12.8. The Morgan fingerprint density at radius 2 is 1.75 bits per heavy atom. The van der Waals surface area contributed by atoms with Gasteiger partial charge in [0, 0.05) is 9.49 Å². The standard InChI is InChI=1S/C16H24N4O6S2/c1-15(2)7(13(23)24)19-10(27-15)5(17)9(21)18-6-11(22)20-8(14(25)26)16(3,4)28-12(6)20/h5-8,10,12,19H,17H2,1-4H3,(H,18,21)(H,23,24)(H,25,26).